The third kappa shape index (κ3) is 6.27. The molecule has 7 heteroatoms. The summed E-state index contributed by atoms with van der Waals surface area (Å²) in [4.78, 5) is 29.2. The number of thioether (sulfide) groups is 1. The standard InChI is InChI=1S/C28H29BrN2O3S/c1-19(2)26-28(33)31(15-16-35-18-20-9-5-3-6-10-20)25(23-17-21(29)13-14-24(23)34-26)27(32)30-22-11-7-4-8-12-22/h3-14,17,19,25-26H,15-16,18H2,1-2H3,(H,30,32). The van der Waals surface area contributed by atoms with Crippen molar-refractivity contribution in [1.82, 2.24) is 4.90 Å². The molecule has 0 bridgehead atoms. The van der Waals surface area contributed by atoms with Crippen LogP contribution in [0.25, 0.3) is 0 Å². The Bertz CT molecular complexity index is 1160. The van der Waals surface area contributed by atoms with Crippen molar-refractivity contribution in [1.29, 1.82) is 0 Å². The van der Waals surface area contributed by atoms with Gasteiger partial charge in [-0.1, -0.05) is 78.3 Å². The number of rotatable bonds is 8. The van der Waals surface area contributed by atoms with E-state index < -0.39 is 12.1 Å². The van der Waals surface area contributed by atoms with Crippen molar-refractivity contribution in [2.45, 2.75) is 31.7 Å². The summed E-state index contributed by atoms with van der Waals surface area (Å²) >= 11 is 5.28. The molecule has 1 aliphatic rings. The van der Waals surface area contributed by atoms with E-state index in [0.29, 0.717) is 29.3 Å². The Balaban J connectivity index is 1.64. The van der Waals surface area contributed by atoms with Gasteiger partial charge >= 0.3 is 0 Å². The molecule has 182 valence electrons. The van der Waals surface area contributed by atoms with E-state index in [1.807, 2.05) is 80.6 Å². The number of amides is 2. The molecule has 0 spiro atoms. The average molecular weight is 554 g/mol. The number of para-hydroxylation sites is 1. The van der Waals surface area contributed by atoms with Crippen LogP contribution in [0.15, 0.2) is 83.3 Å². The molecule has 0 fully saturated rings. The van der Waals surface area contributed by atoms with Gasteiger partial charge in [0, 0.05) is 33.8 Å². The zero-order valence-electron chi connectivity index (χ0n) is 19.8. The van der Waals surface area contributed by atoms with Crippen molar-refractivity contribution >= 4 is 45.2 Å². The number of halogens is 1. The normalized spacial score (nSPS) is 17.5. The van der Waals surface area contributed by atoms with Gasteiger partial charge in [0.15, 0.2) is 6.10 Å². The Labute approximate surface area is 219 Å². The van der Waals surface area contributed by atoms with Gasteiger partial charge in [-0.3, -0.25) is 9.59 Å². The fourth-order valence-electron chi connectivity index (χ4n) is 4.09. The van der Waals surface area contributed by atoms with Crippen LogP contribution >= 0.6 is 27.7 Å². The summed E-state index contributed by atoms with van der Waals surface area (Å²) in [6.07, 6.45) is -0.663. The number of hydrogen-bond donors (Lipinski definition) is 1. The first-order valence-corrected chi connectivity index (χ1v) is 13.6. The molecule has 1 N–H and O–H groups in total. The lowest BCUT2D eigenvalue weighted by Gasteiger charge is -2.31. The fraction of sp³-hybridized carbons (Fsp3) is 0.286. The molecule has 5 nitrogen and oxygen atoms in total. The minimum atomic E-state index is -0.809. The summed E-state index contributed by atoms with van der Waals surface area (Å²) in [5, 5.41) is 3.00. The van der Waals surface area contributed by atoms with Crippen molar-refractivity contribution in [3.8, 4) is 5.75 Å². The van der Waals surface area contributed by atoms with E-state index in [2.05, 4.69) is 33.4 Å². The largest absolute Gasteiger partial charge is 0.480 e. The molecule has 2 atom stereocenters. The van der Waals surface area contributed by atoms with E-state index in [0.717, 1.165) is 10.2 Å². The van der Waals surface area contributed by atoms with Crippen LogP contribution in [-0.2, 0) is 15.3 Å². The van der Waals surface area contributed by atoms with Crippen LogP contribution in [0.5, 0.6) is 5.75 Å². The first kappa shape index (κ1) is 25.3. The topological polar surface area (TPSA) is 58.6 Å². The van der Waals surface area contributed by atoms with Crippen LogP contribution in [0.4, 0.5) is 5.69 Å². The highest BCUT2D eigenvalue weighted by Crippen LogP contribution is 2.38. The fourth-order valence-corrected chi connectivity index (χ4v) is 5.37. The number of carbonyl (C=O) groups is 2. The van der Waals surface area contributed by atoms with E-state index >= 15 is 0 Å². The molecule has 1 aliphatic heterocycles. The molecule has 2 unspecified atom stereocenters. The minimum Gasteiger partial charge on any atom is -0.480 e. The molecule has 1 heterocycles. The smallest absolute Gasteiger partial charge is 0.264 e. The van der Waals surface area contributed by atoms with E-state index in [9.17, 15) is 9.59 Å². The van der Waals surface area contributed by atoms with Crippen LogP contribution in [0.2, 0.25) is 0 Å². The van der Waals surface area contributed by atoms with Gasteiger partial charge in [0.05, 0.1) is 0 Å². The Kier molecular flexibility index (Phi) is 8.52. The highest BCUT2D eigenvalue weighted by atomic mass is 79.9. The number of hydrogen-bond acceptors (Lipinski definition) is 4. The van der Waals surface area contributed by atoms with Gasteiger partial charge in [-0.25, -0.2) is 0 Å². The van der Waals surface area contributed by atoms with Crippen molar-refractivity contribution in [3.05, 3.63) is 94.5 Å². The highest BCUT2D eigenvalue weighted by Gasteiger charge is 2.41. The molecule has 0 saturated carbocycles. The number of nitrogens with zero attached hydrogens (tertiary/aromatic N) is 1. The van der Waals surface area contributed by atoms with Crippen LogP contribution in [0.3, 0.4) is 0 Å². The Hall–Kier alpha value is -2.77. The van der Waals surface area contributed by atoms with E-state index in [4.69, 9.17) is 4.74 Å². The summed E-state index contributed by atoms with van der Waals surface area (Å²) < 4.78 is 7.05. The van der Waals surface area contributed by atoms with Crippen LogP contribution < -0.4 is 10.1 Å². The Morgan fingerprint density at radius 3 is 2.43 bits per heavy atom. The minimum absolute atomic E-state index is 0.0468. The molecule has 0 aromatic heterocycles. The van der Waals surface area contributed by atoms with Crippen LogP contribution in [0, 0.1) is 5.92 Å². The number of nitrogens with one attached hydrogen (secondary N) is 1. The second-order valence-electron chi connectivity index (χ2n) is 8.79. The molecular formula is C28H29BrN2O3S. The summed E-state index contributed by atoms with van der Waals surface area (Å²) in [7, 11) is 0. The van der Waals surface area contributed by atoms with Gasteiger partial charge in [-0.15, -0.1) is 0 Å². The van der Waals surface area contributed by atoms with Crippen molar-refractivity contribution in [3.63, 3.8) is 0 Å². The van der Waals surface area contributed by atoms with Gasteiger partial charge < -0.3 is 15.0 Å². The predicted octanol–water partition coefficient (Wildman–Crippen LogP) is 6.31. The lowest BCUT2D eigenvalue weighted by atomic mass is 10.0. The van der Waals surface area contributed by atoms with E-state index in [1.54, 1.807) is 16.7 Å². The molecule has 4 rings (SSSR count). The summed E-state index contributed by atoms with van der Waals surface area (Å²) in [5.74, 6) is 1.63. The van der Waals surface area contributed by atoms with E-state index in [1.165, 1.54) is 5.56 Å². The third-order valence-corrected chi connectivity index (χ3v) is 7.34. The van der Waals surface area contributed by atoms with Gasteiger partial charge in [-0.05, 0) is 41.8 Å². The SMILES string of the molecule is CC(C)C1Oc2ccc(Br)cc2C(C(=O)Nc2ccccc2)N(CCSCc2ccccc2)C1=O. The average Bonchev–Trinajstić information content (AvgIpc) is 2.97. The maximum absolute atomic E-state index is 13.8. The molecule has 0 radical (unpaired) electrons. The Morgan fingerprint density at radius 1 is 1.06 bits per heavy atom. The zero-order valence-corrected chi connectivity index (χ0v) is 22.2. The third-order valence-electron chi connectivity index (χ3n) is 5.84. The number of carbonyl (C=O) groups excluding carboxylic acids is 2. The molecule has 3 aromatic carbocycles. The quantitative estimate of drug-likeness (QED) is 0.333. The van der Waals surface area contributed by atoms with Gasteiger partial charge in [0.1, 0.15) is 11.8 Å². The number of fused-ring (bicyclic) bond motifs is 1. The van der Waals surface area contributed by atoms with Gasteiger partial charge in [0.2, 0.25) is 0 Å². The van der Waals surface area contributed by atoms with Crippen molar-refractivity contribution < 1.29 is 14.3 Å². The first-order chi connectivity index (χ1) is 16.9. The molecule has 2 amide bonds. The molecule has 35 heavy (non-hydrogen) atoms. The lowest BCUT2D eigenvalue weighted by molar-refractivity contribution is -0.145. The van der Waals surface area contributed by atoms with Crippen molar-refractivity contribution in [2.75, 3.05) is 17.6 Å². The zero-order chi connectivity index (χ0) is 24.8. The molecule has 3 aromatic rings. The molecule has 0 aliphatic carbocycles. The van der Waals surface area contributed by atoms with Crippen LogP contribution in [0.1, 0.15) is 31.0 Å². The lowest BCUT2D eigenvalue weighted by Crippen LogP contribution is -2.47. The number of anilines is 1. The summed E-state index contributed by atoms with van der Waals surface area (Å²) in [6.45, 7) is 4.36. The predicted molar refractivity (Wildman–Crippen MR) is 146 cm³/mol. The molecular weight excluding hydrogens is 524 g/mol. The van der Waals surface area contributed by atoms with Crippen molar-refractivity contribution in [2.24, 2.45) is 5.92 Å². The second kappa shape index (κ2) is 11.8. The number of ether oxygens (including phenoxy) is 1. The maximum Gasteiger partial charge on any atom is 0.264 e. The molecule has 0 saturated heterocycles. The summed E-state index contributed by atoms with van der Waals surface area (Å²) in [6, 6.07) is 24.3. The first-order valence-electron chi connectivity index (χ1n) is 11.7. The second-order valence-corrected chi connectivity index (χ2v) is 10.8. The van der Waals surface area contributed by atoms with Gasteiger partial charge in [0.25, 0.3) is 11.8 Å². The van der Waals surface area contributed by atoms with E-state index in [-0.39, 0.29) is 17.7 Å². The Morgan fingerprint density at radius 2 is 1.74 bits per heavy atom. The number of benzene rings is 3. The monoisotopic (exact) mass is 552 g/mol. The summed E-state index contributed by atoms with van der Waals surface area (Å²) in [5.41, 5.74) is 2.60. The maximum atomic E-state index is 13.8. The van der Waals surface area contributed by atoms with Gasteiger partial charge in [-0.2, -0.15) is 11.8 Å². The highest BCUT2D eigenvalue weighted by molar-refractivity contribution is 9.10. The van der Waals surface area contributed by atoms with Crippen LogP contribution in [-0.4, -0.2) is 35.1 Å².